The van der Waals surface area contributed by atoms with Gasteiger partial charge in [-0.15, -0.1) is 11.6 Å². The lowest BCUT2D eigenvalue weighted by Gasteiger charge is -2.02. The van der Waals surface area contributed by atoms with Crippen LogP contribution in [0.4, 0.5) is 4.39 Å². The molecule has 1 nitrogen and oxygen atoms in total. The van der Waals surface area contributed by atoms with Gasteiger partial charge in [0.1, 0.15) is 5.82 Å². The van der Waals surface area contributed by atoms with Gasteiger partial charge in [0.2, 0.25) is 0 Å². The van der Waals surface area contributed by atoms with Gasteiger partial charge in [-0.2, -0.15) is 0 Å². The van der Waals surface area contributed by atoms with E-state index in [-0.39, 0.29) is 5.82 Å². The molecule has 2 aromatic rings. The van der Waals surface area contributed by atoms with Gasteiger partial charge in [-0.25, -0.2) is 4.39 Å². The van der Waals surface area contributed by atoms with Crippen molar-refractivity contribution >= 4 is 11.6 Å². The van der Waals surface area contributed by atoms with Crippen LogP contribution in [-0.2, 0) is 5.88 Å². The van der Waals surface area contributed by atoms with E-state index in [0.29, 0.717) is 5.88 Å². The number of rotatable bonds is 2. The number of hydrogen-bond donors (Lipinski definition) is 0. The second-order valence-electron chi connectivity index (χ2n) is 3.16. The van der Waals surface area contributed by atoms with E-state index in [4.69, 9.17) is 11.6 Å². The zero-order valence-electron chi connectivity index (χ0n) is 7.95. The normalized spacial score (nSPS) is 10.3. The highest BCUT2D eigenvalue weighted by Gasteiger charge is 2.01. The lowest BCUT2D eigenvalue weighted by molar-refractivity contribution is 0.628. The van der Waals surface area contributed by atoms with Crippen molar-refractivity contribution < 1.29 is 4.39 Å². The number of nitrogens with zero attached hydrogens (tertiary/aromatic N) is 1. The lowest BCUT2D eigenvalue weighted by atomic mass is 10.1. The molecule has 0 unspecified atom stereocenters. The Kier molecular flexibility index (Phi) is 2.97. The molecule has 15 heavy (non-hydrogen) atoms. The molecule has 2 rings (SSSR count). The van der Waals surface area contributed by atoms with Crippen LogP contribution in [0, 0.1) is 5.82 Å². The smallest absolute Gasteiger partial charge is 0.123 e. The summed E-state index contributed by atoms with van der Waals surface area (Å²) >= 11 is 5.68. The van der Waals surface area contributed by atoms with Crippen LogP contribution in [0.1, 0.15) is 5.69 Å². The van der Waals surface area contributed by atoms with Gasteiger partial charge in [-0.1, -0.05) is 18.2 Å². The highest BCUT2D eigenvalue weighted by atomic mass is 35.5. The first kappa shape index (κ1) is 10.1. The quantitative estimate of drug-likeness (QED) is 0.706. The van der Waals surface area contributed by atoms with E-state index in [0.717, 1.165) is 17.0 Å². The fourth-order valence-corrected chi connectivity index (χ4v) is 1.51. The summed E-state index contributed by atoms with van der Waals surface area (Å²) in [4.78, 5) is 4.30. The second-order valence-corrected chi connectivity index (χ2v) is 3.43. The monoisotopic (exact) mass is 221 g/mol. The predicted molar refractivity (Wildman–Crippen MR) is 59.2 cm³/mol. The molecule has 0 atom stereocenters. The number of benzene rings is 1. The van der Waals surface area contributed by atoms with Gasteiger partial charge < -0.3 is 0 Å². The Bertz CT molecular complexity index is 471. The molecule has 0 fully saturated rings. The van der Waals surface area contributed by atoms with Crippen LogP contribution in [0.3, 0.4) is 0 Å². The maximum Gasteiger partial charge on any atom is 0.123 e. The van der Waals surface area contributed by atoms with Crippen LogP contribution in [0.15, 0.2) is 42.5 Å². The van der Waals surface area contributed by atoms with Crippen molar-refractivity contribution in [3.05, 3.63) is 54.0 Å². The first-order chi connectivity index (χ1) is 7.29. The van der Waals surface area contributed by atoms with Crippen LogP contribution in [0.2, 0.25) is 0 Å². The number of alkyl halides is 1. The van der Waals surface area contributed by atoms with Crippen LogP contribution in [-0.4, -0.2) is 4.98 Å². The third-order valence-corrected chi connectivity index (χ3v) is 2.34. The fraction of sp³-hybridized carbons (Fsp3) is 0.0833. The average Bonchev–Trinajstić information content (AvgIpc) is 2.29. The van der Waals surface area contributed by atoms with Gasteiger partial charge in [0.05, 0.1) is 17.3 Å². The Morgan fingerprint density at radius 3 is 2.67 bits per heavy atom. The third kappa shape index (κ3) is 2.34. The van der Waals surface area contributed by atoms with Gasteiger partial charge >= 0.3 is 0 Å². The van der Waals surface area contributed by atoms with Crippen LogP contribution in [0.5, 0.6) is 0 Å². The average molecular weight is 222 g/mol. The number of hydrogen-bond acceptors (Lipinski definition) is 1. The predicted octanol–water partition coefficient (Wildman–Crippen LogP) is 3.63. The summed E-state index contributed by atoms with van der Waals surface area (Å²) < 4.78 is 13.0. The number of pyridine rings is 1. The number of aromatic nitrogens is 1. The molecule has 0 aliphatic carbocycles. The van der Waals surface area contributed by atoms with Crippen LogP contribution >= 0.6 is 11.6 Å². The lowest BCUT2D eigenvalue weighted by Crippen LogP contribution is -1.89. The first-order valence-electron chi connectivity index (χ1n) is 4.57. The third-order valence-electron chi connectivity index (χ3n) is 2.06. The van der Waals surface area contributed by atoms with E-state index in [9.17, 15) is 4.39 Å². The summed E-state index contributed by atoms with van der Waals surface area (Å²) in [5, 5.41) is 0. The molecule has 0 saturated carbocycles. The number of halogens is 2. The van der Waals surface area contributed by atoms with Crippen molar-refractivity contribution in [1.82, 2.24) is 4.98 Å². The fourth-order valence-electron chi connectivity index (χ4n) is 1.36. The molecular formula is C12H9ClFN. The van der Waals surface area contributed by atoms with Crippen molar-refractivity contribution in [3.8, 4) is 11.3 Å². The first-order valence-corrected chi connectivity index (χ1v) is 5.11. The highest BCUT2D eigenvalue weighted by Crippen LogP contribution is 2.18. The maximum absolute atomic E-state index is 13.0. The molecule has 1 aromatic carbocycles. The maximum atomic E-state index is 13.0. The molecule has 3 heteroatoms. The van der Waals surface area contributed by atoms with Gasteiger partial charge in [-0.3, -0.25) is 4.98 Å². The zero-order valence-corrected chi connectivity index (χ0v) is 8.71. The van der Waals surface area contributed by atoms with E-state index in [2.05, 4.69) is 4.98 Å². The molecule has 1 heterocycles. The summed E-state index contributed by atoms with van der Waals surface area (Å²) in [5.74, 6) is 0.106. The summed E-state index contributed by atoms with van der Waals surface area (Å²) in [6, 6.07) is 11.9. The van der Waals surface area contributed by atoms with Crippen molar-refractivity contribution in [3.63, 3.8) is 0 Å². The standard InChI is InChI=1S/C12H9ClFN/c13-8-11-5-2-6-12(15-11)9-3-1-4-10(14)7-9/h1-7H,8H2. The SMILES string of the molecule is Fc1cccc(-c2cccc(CCl)n2)c1. The molecule has 0 radical (unpaired) electrons. The van der Waals surface area contributed by atoms with E-state index in [1.807, 2.05) is 24.3 Å². The minimum absolute atomic E-state index is 0.259. The van der Waals surface area contributed by atoms with E-state index >= 15 is 0 Å². The minimum atomic E-state index is -0.259. The Hall–Kier alpha value is -1.41. The summed E-state index contributed by atoms with van der Waals surface area (Å²) in [5.41, 5.74) is 2.30. The van der Waals surface area contributed by atoms with E-state index in [1.54, 1.807) is 6.07 Å². The molecule has 0 spiro atoms. The van der Waals surface area contributed by atoms with Crippen LogP contribution < -0.4 is 0 Å². The molecule has 0 saturated heterocycles. The van der Waals surface area contributed by atoms with Gasteiger partial charge in [-0.05, 0) is 24.3 Å². The molecule has 0 N–H and O–H groups in total. The van der Waals surface area contributed by atoms with Crippen molar-refractivity contribution in [2.75, 3.05) is 0 Å². The minimum Gasteiger partial charge on any atom is -0.252 e. The molecule has 0 aliphatic heterocycles. The van der Waals surface area contributed by atoms with E-state index in [1.165, 1.54) is 12.1 Å². The van der Waals surface area contributed by atoms with Crippen molar-refractivity contribution in [2.24, 2.45) is 0 Å². The summed E-state index contributed by atoms with van der Waals surface area (Å²) in [6.45, 7) is 0. The Morgan fingerprint density at radius 2 is 1.93 bits per heavy atom. The molecular weight excluding hydrogens is 213 g/mol. The Balaban J connectivity index is 2.44. The summed E-state index contributed by atoms with van der Waals surface area (Å²) in [7, 11) is 0. The van der Waals surface area contributed by atoms with Gasteiger partial charge in [0, 0.05) is 5.56 Å². The molecule has 1 aromatic heterocycles. The second kappa shape index (κ2) is 4.41. The molecule has 0 amide bonds. The molecule has 0 bridgehead atoms. The van der Waals surface area contributed by atoms with Crippen LogP contribution in [0.25, 0.3) is 11.3 Å². The van der Waals surface area contributed by atoms with E-state index < -0.39 is 0 Å². The Morgan fingerprint density at radius 1 is 1.13 bits per heavy atom. The topological polar surface area (TPSA) is 12.9 Å². The van der Waals surface area contributed by atoms with Crippen molar-refractivity contribution in [1.29, 1.82) is 0 Å². The molecule has 0 aliphatic rings. The summed E-state index contributed by atoms with van der Waals surface area (Å²) in [6.07, 6.45) is 0. The largest absolute Gasteiger partial charge is 0.252 e. The van der Waals surface area contributed by atoms with Gasteiger partial charge in [0.25, 0.3) is 0 Å². The zero-order chi connectivity index (χ0) is 10.7. The highest BCUT2D eigenvalue weighted by molar-refractivity contribution is 6.16. The Labute approximate surface area is 92.5 Å². The van der Waals surface area contributed by atoms with Gasteiger partial charge in [0.15, 0.2) is 0 Å². The molecule has 76 valence electrons. The van der Waals surface area contributed by atoms with Crippen molar-refractivity contribution in [2.45, 2.75) is 5.88 Å².